The summed E-state index contributed by atoms with van der Waals surface area (Å²) in [6.45, 7) is 24.0. The Morgan fingerprint density at radius 2 is 1.60 bits per heavy atom. The van der Waals surface area contributed by atoms with Crippen LogP contribution in [0.25, 0.3) is 0 Å². The fourth-order valence-corrected chi connectivity index (χ4v) is 3.91. The van der Waals surface area contributed by atoms with Crippen LogP contribution in [0, 0.1) is 16.9 Å². The third-order valence-electron chi connectivity index (χ3n) is 4.81. The second-order valence-electron chi connectivity index (χ2n) is 10.3. The van der Waals surface area contributed by atoms with Gasteiger partial charge in [-0.15, -0.1) is 11.5 Å². The van der Waals surface area contributed by atoms with Gasteiger partial charge in [0.15, 0.2) is 8.32 Å². The quantitative estimate of drug-likeness (QED) is 0.227. The van der Waals surface area contributed by atoms with Crippen molar-refractivity contribution in [1.82, 2.24) is 0 Å². The van der Waals surface area contributed by atoms with E-state index in [0.29, 0.717) is 0 Å². The molecule has 0 fully saturated rings. The van der Waals surface area contributed by atoms with Crippen LogP contribution >= 0.6 is 0 Å². The van der Waals surface area contributed by atoms with Gasteiger partial charge >= 0.3 is 0 Å². The summed E-state index contributed by atoms with van der Waals surface area (Å²) in [6, 6.07) is 0. The molecule has 0 saturated heterocycles. The van der Waals surface area contributed by atoms with Crippen LogP contribution in [0.15, 0.2) is 11.6 Å². The van der Waals surface area contributed by atoms with Gasteiger partial charge < -0.3 is 9.22 Å². The van der Waals surface area contributed by atoms with Crippen LogP contribution in [0.1, 0.15) is 54.4 Å². The average molecular weight is 381 g/mol. The number of aldehydes is 1. The molecule has 0 N–H and O–H groups in total. The van der Waals surface area contributed by atoms with Gasteiger partial charge in [0.25, 0.3) is 0 Å². The fourth-order valence-electron chi connectivity index (χ4n) is 1.89. The molecule has 0 saturated carbocycles. The highest BCUT2D eigenvalue weighted by Crippen LogP contribution is 2.39. The fraction of sp³-hybridized carbons (Fsp3) is 0.762. The summed E-state index contributed by atoms with van der Waals surface area (Å²) in [7, 11) is -3.25. The largest absolute Gasteiger partial charge is 0.410 e. The lowest BCUT2D eigenvalue weighted by Crippen LogP contribution is -2.47. The lowest BCUT2D eigenvalue weighted by atomic mass is 9.87. The van der Waals surface area contributed by atoms with E-state index < -0.39 is 21.8 Å². The minimum absolute atomic E-state index is 0.120. The number of carbonyl (C=O) groups excluding carboxylic acids is 1. The molecule has 0 aromatic carbocycles. The van der Waals surface area contributed by atoms with Crippen LogP contribution < -0.4 is 0 Å². The van der Waals surface area contributed by atoms with Crippen LogP contribution in [0.4, 0.5) is 0 Å². The van der Waals surface area contributed by atoms with E-state index in [0.717, 1.165) is 19.1 Å². The van der Waals surface area contributed by atoms with E-state index in [1.54, 1.807) is 0 Å². The van der Waals surface area contributed by atoms with Crippen molar-refractivity contribution in [3.8, 4) is 11.5 Å². The topological polar surface area (TPSA) is 26.3 Å². The standard InChI is InChI=1S/C21H40O2Si2/c1-18(14-12-13-15-24(7,8)9)16-19(21(5,6)17-22)23-25(10,11)20(2,3)4/h16-17,19H,12,14H2,1-11H3/b18-16+/t19-/m0/s1. The van der Waals surface area contributed by atoms with Gasteiger partial charge in [-0.1, -0.05) is 65.9 Å². The summed E-state index contributed by atoms with van der Waals surface area (Å²) < 4.78 is 6.59. The zero-order valence-corrected chi connectivity index (χ0v) is 20.5. The minimum Gasteiger partial charge on any atom is -0.410 e. The van der Waals surface area contributed by atoms with Gasteiger partial charge in [0.2, 0.25) is 0 Å². The van der Waals surface area contributed by atoms with E-state index >= 15 is 0 Å². The molecule has 0 aromatic heterocycles. The number of hydrogen-bond acceptors (Lipinski definition) is 2. The monoisotopic (exact) mass is 380 g/mol. The third-order valence-corrected chi connectivity index (χ3v) is 10.2. The van der Waals surface area contributed by atoms with Crippen molar-refractivity contribution in [2.24, 2.45) is 5.41 Å². The van der Waals surface area contributed by atoms with Gasteiger partial charge in [0, 0.05) is 11.8 Å². The number of rotatable bonds is 7. The van der Waals surface area contributed by atoms with Crippen LogP contribution in [-0.4, -0.2) is 28.8 Å². The summed E-state index contributed by atoms with van der Waals surface area (Å²) in [4.78, 5) is 11.6. The zero-order valence-electron chi connectivity index (χ0n) is 18.5. The molecule has 0 aromatic rings. The van der Waals surface area contributed by atoms with Gasteiger partial charge in [-0.05, 0) is 31.5 Å². The smallest absolute Gasteiger partial charge is 0.192 e. The molecule has 0 heterocycles. The van der Waals surface area contributed by atoms with Crippen molar-refractivity contribution in [2.45, 2.75) is 98.3 Å². The van der Waals surface area contributed by atoms with Crippen LogP contribution in [-0.2, 0) is 9.22 Å². The minimum atomic E-state index is -1.95. The summed E-state index contributed by atoms with van der Waals surface area (Å²) in [5.74, 6) is 3.32. The normalized spacial score (nSPS) is 15.4. The maximum Gasteiger partial charge on any atom is 0.192 e. The molecular weight excluding hydrogens is 340 g/mol. The SMILES string of the molecule is C/C(=C\[C@H](O[Si](C)(C)C(C)(C)C)C(C)(C)C=O)CCC#C[Si](C)(C)C. The molecule has 25 heavy (non-hydrogen) atoms. The second-order valence-corrected chi connectivity index (χ2v) is 19.8. The van der Waals surface area contributed by atoms with Crippen molar-refractivity contribution in [3.05, 3.63) is 11.6 Å². The van der Waals surface area contributed by atoms with Gasteiger partial charge in [0.05, 0.1) is 6.10 Å². The predicted molar refractivity (Wildman–Crippen MR) is 116 cm³/mol. The van der Waals surface area contributed by atoms with E-state index in [1.165, 1.54) is 5.57 Å². The first kappa shape index (κ1) is 24.4. The molecule has 144 valence electrons. The molecule has 2 nitrogen and oxygen atoms in total. The van der Waals surface area contributed by atoms with Crippen molar-refractivity contribution in [2.75, 3.05) is 0 Å². The molecule has 0 aliphatic carbocycles. The first-order chi connectivity index (χ1) is 11.0. The van der Waals surface area contributed by atoms with E-state index in [4.69, 9.17) is 4.43 Å². The molecule has 0 rings (SSSR count). The van der Waals surface area contributed by atoms with Crippen molar-refractivity contribution in [3.63, 3.8) is 0 Å². The molecule has 0 radical (unpaired) electrons. The van der Waals surface area contributed by atoms with Crippen molar-refractivity contribution >= 4 is 22.7 Å². The van der Waals surface area contributed by atoms with Crippen LogP contribution in [0.2, 0.25) is 37.8 Å². The Labute approximate surface area is 159 Å². The molecular formula is C21H40O2Si2. The third kappa shape index (κ3) is 9.03. The summed E-state index contributed by atoms with van der Waals surface area (Å²) in [5, 5.41) is 0.120. The summed E-state index contributed by atoms with van der Waals surface area (Å²) in [6.07, 6.45) is 4.81. The molecule has 0 aliphatic rings. The Hall–Kier alpha value is -0.636. The Bertz CT molecular complexity index is 535. The van der Waals surface area contributed by atoms with Gasteiger partial charge in [-0.2, -0.15) is 0 Å². The maximum absolute atomic E-state index is 11.6. The molecule has 1 atom stereocenters. The highest BCUT2D eigenvalue weighted by atomic mass is 28.4. The van der Waals surface area contributed by atoms with Gasteiger partial charge in [-0.25, -0.2) is 0 Å². The second kappa shape index (κ2) is 8.84. The van der Waals surface area contributed by atoms with Crippen LogP contribution in [0.5, 0.6) is 0 Å². The lowest BCUT2D eigenvalue weighted by Gasteiger charge is -2.42. The van der Waals surface area contributed by atoms with Gasteiger partial charge in [-0.3, -0.25) is 0 Å². The van der Waals surface area contributed by atoms with E-state index in [1.807, 2.05) is 13.8 Å². The molecule has 0 spiro atoms. The van der Waals surface area contributed by atoms with Gasteiger partial charge in [0.1, 0.15) is 14.4 Å². The average Bonchev–Trinajstić information content (AvgIpc) is 2.40. The Morgan fingerprint density at radius 3 is 2.00 bits per heavy atom. The summed E-state index contributed by atoms with van der Waals surface area (Å²) >= 11 is 0. The highest BCUT2D eigenvalue weighted by molar-refractivity contribution is 6.83. The summed E-state index contributed by atoms with van der Waals surface area (Å²) in [5.41, 5.74) is 4.14. The molecule has 4 heteroatoms. The number of hydrogen-bond donors (Lipinski definition) is 0. The lowest BCUT2D eigenvalue weighted by molar-refractivity contribution is -0.118. The molecule has 0 bridgehead atoms. The number of carbonyl (C=O) groups is 1. The first-order valence-corrected chi connectivity index (χ1v) is 15.7. The maximum atomic E-state index is 11.6. The highest BCUT2D eigenvalue weighted by Gasteiger charge is 2.42. The number of allylic oxidation sites excluding steroid dienone is 1. The Balaban J connectivity index is 5.31. The Kier molecular flexibility index (Phi) is 8.61. The van der Waals surface area contributed by atoms with E-state index in [2.05, 4.69) is 78.0 Å². The first-order valence-electron chi connectivity index (χ1n) is 9.33. The van der Waals surface area contributed by atoms with E-state index in [-0.39, 0.29) is 11.1 Å². The molecule has 0 unspecified atom stereocenters. The van der Waals surface area contributed by atoms with Crippen LogP contribution in [0.3, 0.4) is 0 Å². The van der Waals surface area contributed by atoms with E-state index in [9.17, 15) is 4.79 Å². The molecule has 0 aliphatic heterocycles. The zero-order chi connectivity index (χ0) is 20.1. The molecule has 0 amide bonds. The predicted octanol–water partition coefficient (Wildman–Crippen LogP) is 6.21. The van der Waals surface area contributed by atoms with Crippen molar-refractivity contribution in [1.29, 1.82) is 0 Å². The van der Waals surface area contributed by atoms with Crippen molar-refractivity contribution < 1.29 is 9.22 Å². The Morgan fingerprint density at radius 1 is 1.08 bits per heavy atom.